The van der Waals surface area contributed by atoms with Gasteiger partial charge < -0.3 is 4.57 Å². The highest BCUT2D eigenvalue weighted by atomic mass is 35.5. The Hall–Kier alpha value is -2.13. The van der Waals surface area contributed by atoms with Crippen LogP contribution in [0.2, 0.25) is 5.02 Å². The first-order valence-electron chi connectivity index (χ1n) is 6.59. The first kappa shape index (κ1) is 13.8. The SMILES string of the molecule is Cc1cc(=O)n(Cc2ccc(Cl)cc2)c2ccc(F)cc12. The van der Waals surface area contributed by atoms with Crippen molar-refractivity contribution in [2.75, 3.05) is 0 Å². The van der Waals surface area contributed by atoms with Gasteiger partial charge in [-0.15, -0.1) is 0 Å². The van der Waals surface area contributed by atoms with Gasteiger partial charge in [-0.2, -0.15) is 0 Å². The lowest BCUT2D eigenvalue weighted by molar-refractivity contribution is 0.629. The van der Waals surface area contributed by atoms with Crippen molar-refractivity contribution in [3.05, 3.63) is 80.9 Å². The zero-order valence-corrected chi connectivity index (χ0v) is 12.2. The Morgan fingerprint density at radius 2 is 1.81 bits per heavy atom. The van der Waals surface area contributed by atoms with Crippen LogP contribution < -0.4 is 5.56 Å². The summed E-state index contributed by atoms with van der Waals surface area (Å²) in [6.07, 6.45) is 0. The average Bonchev–Trinajstić information content (AvgIpc) is 2.46. The van der Waals surface area contributed by atoms with Crippen LogP contribution in [0, 0.1) is 12.7 Å². The monoisotopic (exact) mass is 301 g/mol. The molecule has 0 fully saturated rings. The largest absolute Gasteiger partial charge is 0.304 e. The van der Waals surface area contributed by atoms with Crippen LogP contribution in [0.1, 0.15) is 11.1 Å². The average molecular weight is 302 g/mol. The minimum atomic E-state index is -0.303. The number of benzene rings is 2. The summed E-state index contributed by atoms with van der Waals surface area (Å²) in [5.74, 6) is -0.303. The van der Waals surface area contributed by atoms with Crippen molar-refractivity contribution in [1.29, 1.82) is 0 Å². The number of rotatable bonds is 2. The van der Waals surface area contributed by atoms with E-state index in [1.165, 1.54) is 18.2 Å². The lowest BCUT2D eigenvalue weighted by Crippen LogP contribution is -2.21. The molecule has 4 heteroatoms. The van der Waals surface area contributed by atoms with Gasteiger partial charge >= 0.3 is 0 Å². The fourth-order valence-corrected chi connectivity index (χ4v) is 2.58. The predicted molar refractivity (Wildman–Crippen MR) is 83.5 cm³/mol. The van der Waals surface area contributed by atoms with Crippen molar-refractivity contribution in [3.63, 3.8) is 0 Å². The third-order valence-electron chi connectivity index (χ3n) is 3.53. The van der Waals surface area contributed by atoms with Crippen LogP contribution in [-0.4, -0.2) is 4.57 Å². The van der Waals surface area contributed by atoms with Crippen LogP contribution in [0.25, 0.3) is 10.9 Å². The van der Waals surface area contributed by atoms with Crippen LogP contribution in [0.4, 0.5) is 4.39 Å². The fraction of sp³-hybridized carbons (Fsp3) is 0.118. The van der Waals surface area contributed by atoms with Crippen molar-refractivity contribution in [3.8, 4) is 0 Å². The second-order valence-corrected chi connectivity index (χ2v) is 5.48. The van der Waals surface area contributed by atoms with Crippen molar-refractivity contribution in [1.82, 2.24) is 4.57 Å². The lowest BCUT2D eigenvalue weighted by Gasteiger charge is -2.12. The molecule has 106 valence electrons. The maximum Gasteiger partial charge on any atom is 0.251 e. The number of aryl methyl sites for hydroxylation is 1. The van der Waals surface area contributed by atoms with E-state index in [9.17, 15) is 9.18 Å². The van der Waals surface area contributed by atoms with E-state index < -0.39 is 0 Å². The molecule has 0 aliphatic rings. The van der Waals surface area contributed by atoms with E-state index in [-0.39, 0.29) is 11.4 Å². The molecule has 21 heavy (non-hydrogen) atoms. The molecular weight excluding hydrogens is 289 g/mol. The summed E-state index contributed by atoms with van der Waals surface area (Å²) < 4.78 is 15.1. The van der Waals surface area contributed by atoms with E-state index in [4.69, 9.17) is 11.6 Å². The third-order valence-corrected chi connectivity index (χ3v) is 3.79. The van der Waals surface area contributed by atoms with Crippen LogP contribution in [0.5, 0.6) is 0 Å². The van der Waals surface area contributed by atoms with Gasteiger partial charge in [0.25, 0.3) is 5.56 Å². The van der Waals surface area contributed by atoms with Gasteiger partial charge in [0.15, 0.2) is 0 Å². The van der Waals surface area contributed by atoms with Crippen molar-refractivity contribution in [2.45, 2.75) is 13.5 Å². The summed E-state index contributed by atoms with van der Waals surface area (Å²) in [5, 5.41) is 1.41. The normalized spacial score (nSPS) is 11.0. The Morgan fingerprint density at radius 3 is 2.52 bits per heavy atom. The molecule has 0 aliphatic heterocycles. The molecule has 0 radical (unpaired) electrons. The molecule has 0 amide bonds. The first-order valence-corrected chi connectivity index (χ1v) is 6.96. The van der Waals surface area contributed by atoms with Crippen molar-refractivity contribution < 1.29 is 4.39 Å². The summed E-state index contributed by atoms with van der Waals surface area (Å²) in [4.78, 5) is 12.3. The second kappa shape index (κ2) is 5.34. The van der Waals surface area contributed by atoms with Gasteiger partial charge in [0.2, 0.25) is 0 Å². The summed E-state index contributed by atoms with van der Waals surface area (Å²) in [5.41, 5.74) is 2.38. The van der Waals surface area contributed by atoms with E-state index in [1.54, 1.807) is 22.8 Å². The van der Waals surface area contributed by atoms with Crippen molar-refractivity contribution >= 4 is 22.5 Å². The third kappa shape index (κ3) is 2.69. The summed E-state index contributed by atoms with van der Waals surface area (Å²) in [7, 11) is 0. The molecule has 0 saturated heterocycles. The number of pyridine rings is 1. The molecule has 0 N–H and O–H groups in total. The number of hydrogen-bond donors (Lipinski definition) is 0. The molecule has 0 aliphatic carbocycles. The second-order valence-electron chi connectivity index (χ2n) is 5.04. The Kier molecular flexibility index (Phi) is 3.52. The molecule has 0 spiro atoms. The van der Waals surface area contributed by atoms with Gasteiger partial charge in [0.05, 0.1) is 12.1 Å². The van der Waals surface area contributed by atoms with Gasteiger partial charge in [0.1, 0.15) is 5.82 Å². The van der Waals surface area contributed by atoms with Gasteiger partial charge in [-0.3, -0.25) is 4.79 Å². The smallest absolute Gasteiger partial charge is 0.251 e. The summed E-state index contributed by atoms with van der Waals surface area (Å²) in [6, 6.07) is 13.4. The zero-order chi connectivity index (χ0) is 15.0. The van der Waals surface area contributed by atoms with Crippen LogP contribution in [-0.2, 0) is 6.54 Å². The van der Waals surface area contributed by atoms with Gasteiger partial charge in [-0.1, -0.05) is 23.7 Å². The molecule has 1 aromatic heterocycles. The maximum atomic E-state index is 13.4. The number of halogens is 2. The molecule has 0 bridgehead atoms. The minimum Gasteiger partial charge on any atom is -0.304 e. The van der Waals surface area contributed by atoms with Crippen LogP contribution >= 0.6 is 11.6 Å². The molecule has 1 heterocycles. The highest BCUT2D eigenvalue weighted by Crippen LogP contribution is 2.19. The summed E-state index contributed by atoms with van der Waals surface area (Å²) in [6.45, 7) is 2.24. The van der Waals surface area contributed by atoms with Crippen LogP contribution in [0.3, 0.4) is 0 Å². The number of hydrogen-bond acceptors (Lipinski definition) is 1. The van der Waals surface area contributed by atoms with E-state index in [1.807, 2.05) is 19.1 Å². The number of fused-ring (bicyclic) bond motifs is 1. The van der Waals surface area contributed by atoms with Gasteiger partial charge in [0, 0.05) is 16.5 Å². The highest BCUT2D eigenvalue weighted by Gasteiger charge is 2.08. The number of aromatic nitrogens is 1. The molecule has 0 unspecified atom stereocenters. The van der Waals surface area contributed by atoms with E-state index in [0.717, 1.165) is 22.0 Å². The zero-order valence-electron chi connectivity index (χ0n) is 11.4. The van der Waals surface area contributed by atoms with Gasteiger partial charge in [-0.25, -0.2) is 4.39 Å². The molecule has 3 aromatic rings. The minimum absolute atomic E-state index is 0.0958. The van der Waals surface area contributed by atoms with Crippen LogP contribution in [0.15, 0.2) is 53.3 Å². The van der Waals surface area contributed by atoms with E-state index >= 15 is 0 Å². The lowest BCUT2D eigenvalue weighted by atomic mass is 10.1. The standard InChI is InChI=1S/C17H13ClFNO/c1-11-8-17(21)20(10-12-2-4-13(18)5-3-12)16-7-6-14(19)9-15(11)16/h2-9H,10H2,1H3. The molecule has 0 saturated carbocycles. The van der Waals surface area contributed by atoms with E-state index in [2.05, 4.69) is 0 Å². The Morgan fingerprint density at radius 1 is 1.10 bits per heavy atom. The molecule has 0 atom stereocenters. The number of nitrogens with zero attached hydrogens (tertiary/aromatic N) is 1. The molecule has 3 rings (SSSR count). The fourth-order valence-electron chi connectivity index (χ4n) is 2.45. The molecular formula is C17H13ClFNO. The maximum absolute atomic E-state index is 13.4. The topological polar surface area (TPSA) is 22.0 Å². The Balaban J connectivity index is 2.17. The molecule has 2 nitrogen and oxygen atoms in total. The Bertz CT molecular complexity index is 868. The van der Waals surface area contributed by atoms with Crippen molar-refractivity contribution in [2.24, 2.45) is 0 Å². The quantitative estimate of drug-likeness (QED) is 0.697. The summed E-state index contributed by atoms with van der Waals surface area (Å²) >= 11 is 5.87. The van der Waals surface area contributed by atoms with E-state index in [0.29, 0.717) is 11.6 Å². The van der Waals surface area contributed by atoms with Gasteiger partial charge in [-0.05, 0) is 48.4 Å². The predicted octanol–water partition coefficient (Wildman–Crippen LogP) is 4.15. The molecule has 2 aromatic carbocycles. The highest BCUT2D eigenvalue weighted by molar-refractivity contribution is 6.30. The Labute approximate surface area is 126 Å². The first-order chi connectivity index (χ1) is 10.0.